The van der Waals surface area contributed by atoms with Crippen LogP contribution in [0.5, 0.6) is 5.75 Å². The van der Waals surface area contributed by atoms with E-state index in [0.717, 1.165) is 16.4 Å². The van der Waals surface area contributed by atoms with Gasteiger partial charge in [-0.05, 0) is 30.3 Å². The summed E-state index contributed by atoms with van der Waals surface area (Å²) in [7, 11) is -4.51. The van der Waals surface area contributed by atoms with E-state index in [1.807, 2.05) is 0 Å². The Labute approximate surface area is 175 Å². The molecule has 0 fully saturated rings. The minimum Gasteiger partial charge on any atom is -0.507 e. The number of aromatic hydroxyl groups is 1. The first kappa shape index (κ1) is 21.7. The summed E-state index contributed by atoms with van der Waals surface area (Å²) in [6.07, 6.45) is 0. The van der Waals surface area contributed by atoms with Crippen LogP contribution >= 0.6 is 0 Å². The first-order valence-electron chi connectivity index (χ1n) is 8.59. The van der Waals surface area contributed by atoms with E-state index < -0.39 is 38.6 Å². The van der Waals surface area contributed by atoms with Crippen molar-refractivity contribution in [3.8, 4) is 5.75 Å². The summed E-state index contributed by atoms with van der Waals surface area (Å²) in [4.78, 5) is 12.0. The van der Waals surface area contributed by atoms with Crippen LogP contribution in [0.1, 0.15) is 0 Å². The third-order valence-corrected chi connectivity index (χ3v) is 5.85. The number of phenolic OH excluding ortho intramolecular Hbond substituents is 1. The zero-order valence-corrected chi connectivity index (χ0v) is 17.1. The Bertz CT molecular complexity index is 1230. The highest BCUT2D eigenvalue weighted by Gasteiger charge is 2.19. The van der Waals surface area contributed by atoms with E-state index in [1.54, 1.807) is 36.4 Å². The fourth-order valence-electron chi connectivity index (χ4n) is 2.89. The Hall–Kier alpha value is -2.99. The summed E-state index contributed by atoms with van der Waals surface area (Å²) in [5.74, 6) is -0.352. The Morgan fingerprint density at radius 2 is 1.70 bits per heavy atom. The number of ketones is 1. The fourth-order valence-corrected chi connectivity index (χ4v) is 3.96. The molecule has 0 amide bonds. The number of nitrogens with zero attached hydrogens (tertiary/aromatic N) is 1. The highest BCUT2D eigenvalue weighted by Crippen LogP contribution is 2.29. The van der Waals surface area contributed by atoms with E-state index in [2.05, 4.69) is 5.32 Å². The molecule has 30 heavy (non-hydrogen) atoms. The van der Waals surface area contributed by atoms with Crippen molar-refractivity contribution >= 4 is 49.3 Å². The van der Waals surface area contributed by atoms with Gasteiger partial charge in [0.25, 0.3) is 21.4 Å². The maximum atomic E-state index is 12.4. The monoisotopic (exact) mass is 450 g/mol. The molecular formula is C19H18N2O7S2. The Balaban J connectivity index is 1.76. The van der Waals surface area contributed by atoms with Crippen LogP contribution < -0.4 is 9.62 Å². The normalized spacial score (nSPS) is 12.5. The van der Waals surface area contributed by atoms with E-state index >= 15 is 0 Å². The van der Waals surface area contributed by atoms with Gasteiger partial charge < -0.3 is 10.4 Å². The summed E-state index contributed by atoms with van der Waals surface area (Å²) < 4.78 is 53.8. The van der Waals surface area contributed by atoms with E-state index in [0.29, 0.717) is 16.5 Å². The zero-order chi connectivity index (χ0) is 21.9. The smallest absolute Gasteiger partial charge is 0.294 e. The third kappa shape index (κ3) is 4.94. The first-order chi connectivity index (χ1) is 14.2. The molecule has 3 rings (SSSR count). The molecule has 3 aromatic rings. The molecule has 0 aliphatic rings. The maximum absolute atomic E-state index is 12.4. The van der Waals surface area contributed by atoms with Crippen LogP contribution in [0.15, 0.2) is 65.6 Å². The maximum Gasteiger partial charge on any atom is 0.294 e. The number of carbonyl (C=O) groups is 1. The second-order valence-electron chi connectivity index (χ2n) is 6.31. The van der Waals surface area contributed by atoms with Crippen LogP contribution in [0.25, 0.3) is 10.8 Å². The highest BCUT2D eigenvalue weighted by atomic mass is 32.2. The number of nitrogens with one attached hydrogen (secondary N) is 1. The van der Waals surface area contributed by atoms with Crippen LogP contribution in [0.2, 0.25) is 0 Å². The lowest BCUT2D eigenvalue weighted by molar-refractivity contribution is -0.116. The molecule has 0 heterocycles. The average molecular weight is 450 g/mol. The van der Waals surface area contributed by atoms with Gasteiger partial charge in [0.05, 0.1) is 23.7 Å². The highest BCUT2D eigenvalue weighted by molar-refractivity contribution is 7.85. The van der Waals surface area contributed by atoms with Gasteiger partial charge in [-0.15, -0.1) is 0 Å². The van der Waals surface area contributed by atoms with Crippen LogP contribution in [0.4, 0.5) is 11.4 Å². The number of carbonyl (C=O) groups excluding carboxylic acids is 1. The van der Waals surface area contributed by atoms with E-state index in [1.165, 1.54) is 12.1 Å². The first-order valence-corrected chi connectivity index (χ1v) is 11.1. The summed E-state index contributed by atoms with van der Waals surface area (Å²) >= 11 is -2.61. The fraction of sp³-hybridized carbons (Fsp3) is 0.105. The van der Waals surface area contributed by atoms with Crippen LogP contribution in [-0.2, 0) is 26.2 Å². The predicted octanol–water partition coefficient (Wildman–Crippen LogP) is 2.42. The number of fused-ring (bicyclic) bond motifs is 1. The number of rotatable bonds is 8. The molecule has 1 unspecified atom stereocenters. The Kier molecular flexibility index (Phi) is 6.37. The van der Waals surface area contributed by atoms with Gasteiger partial charge >= 0.3 is 0 Å². The molecule has 0 saturated heterocycles. The lowest BCUT2D eigenvalue weighted by atomic mass is 10.1. The number of Topliss-reactive ketones (excluding diaryl/α,β-unsaturated/α-hetero) is 1. The number of phenols is 1. The van der Waals surface area contributed by atoms with Gasteiger partial charge in [0.2, 0.25) is 0 Å². The summed E-state index contributed by atoms with van der Waals surface area (Å²) in [6.45, 7) is -0.665. The molecule has 4 N–H and O–H groups in total. The molecule has 0 aliphatic carbocycles. The second kappa shape index (κ2) is 8.79. The van der Waals surface area contributed by atoms with Crippen LogP contribution in [0.3, 0.4) is 0 Å². The SMILES string of the molecule is O=C(CNc1cccc2c(O)cccc12)CN(c1cccc(S(=O)(=O)O)c1)S(=O)O. The lowest BCUT2D eigenvalue weighted by Gasteiger charge is -2.20. The minimum absolute atomic E-state index is 0.0191. The third-order valence-electron chi connectivity index (χ3n) is 4.29. The topological polar surface area (TPSA) is 144 Å². The van der Waals surface area contributed by atoms with Crippen molar-refractivity contribution in [1.29, 1.82) is 0 Å². The number of anilines is 2. The molecule has 0 bridgehead atoms. The van der Waals surface area contributed by atoms with Crippen molar-refractivity contribution < 1.29 is 31.6 Å². The zero-order valence-electron chi connectivity index (χ0n) is 15.4. The second-order valence-corrected chi connectivity index (χ2v) is 8.63. The van der Waals surface area contributed by atoms with Crippen molar-refractivity contribution in [2.24, 2.45) is 0 Å². The standard InChI is InChI=1S/C19H18N2O7S2/c22-14(11-20-18-8-2-7-17-16(18)6-3-9-19(17)23)12-21(29(24)25)13-4-1-5-15(10-13)30(26,27)28/h1-10,20,23H,11-12H2,(H,24,25)(H,26,27,28). The molecule has 0 spiro atoms. The largest absolute Gasteiger partial charge is 0.507 e. The van der Waals surface area contributed by atoms with E-state index in [4.69, 9.17) is 4.55 Å². The van der Waals surface area contributed by atoms with Gasteiger partial charge in [-0.2, -0.15) is 8.42 Å². The van der Waals surface area contributed by atoms with Crippen molar-refractivity contribution in [3.05, 3.63) is 60.7 Å². The number of hydrogen-bond donors (Lipinski definition) is 4. The van der Waals surface area contributed by atoms with E-state index in [-0.39, 0.29) is 18.0 Å². The molecule has 3 aromatic carbocycles. The molecule has 1 atom stereocenters. The van der Waals surface area contributed by atoms with Crippen LogP contribution in [-0.4, -0.2) is 45.7 Å². The molecule has 0 aromatic heterocycles. The van der Waals surface area contributed by atoms with Gasteiger partial charge in [-0.25, -0.2) is 4.21 Å². The number of hydrogen-bond acceptors (Lipinski definition) is 6. The lowest BCUT2D eigenvalue weighted by Crippen LogP contribution is -2.34. The quantitative estimate of drug-likeness (QED) is 0.302. The van der Waals surface area contributed by atoms with Gasteiger partial charge in [0.15, 0.2) is 5.78 Å². The van der Waals surface area contributed by atoms with Crippen molar-refractivity contribution in [2.75, 3.05) is 22.7 Å². The molecule has 0 aliphatic heterocycles. The summed E-state index contributed by atoms with van der Waals surface area (Å²) in [6, 6.07) is 14.9. The van der Waals surface area contributed by atoms with Gasteiger partial charge in [0, 0.05) is 16.5 Å². The van der Waals surface area contributed by atoms with Gasteiger partial charge in [0.1, 0.15) is 5.75 Å². The molecular weight excluding hydrogens is 432 g/mol. The van der Waals surface area contributed by atoms with Crippen molar-refractivity contribution in [3.63, 3.8) is 0 Å². The number of benzene rings is 3. The molecule has 0 saturated carbocycles. The molecule has 158 valence electrons. The van der Waals surface area contributed by atoms with Gasteiger partial charge in [-0.3, -0.25) is 18.2 Å². The summed E-state index contributed by atoms with van der Waals surface area (Å²) in [5, 5.41) is 14.2. The van der Waals surface area contributed by atoms with E-state index in [9.17, 15) is 27.1 Å². The van der Waals surface area contributed by atoms with Crippen molar-refractivity contribution in [2.45, 2.75) is 4.90 Å². The molecule has 0 radical (unpaired) electrons. The van der Waals surface area contributed by atoms with Crippen molar-refractivity contribution in [1.82, 2.24) is 0 Å². The summed E-state index contributed by atoms with van der Waals surface area (Å²) in [5.41, 5.74) is 0.580. The van der Waals surface area contributed by atoms with Crippen LogP contribution in [0, 0.1) is 0 Å². The average Bonchev–Trinajstić information content (AvgIpc) is 2.70. The predicted molar refractivity (Wildman–Crippen MR) is 113 cm³/mol. The Morgan fingerprint density at radius 1 is 1.03 bits per heavy atom. The minimum atomic E-state index is -4.51. The molecule has 9 nitrogen and oxygen atoms in total. The Morgan fingerprint density at radius 3 is 2.40 bits per heavy atom. The molecule has 11 heteroatoms. The van der Waals surface area contributed by atoms with Gasteiger partial charge in [-0.1, -0.05) is 30.3 Å².